The van der Waals surface area contributed by atoms with E-state index in [1.54, 1.807) is 0 Å². The van der Waals surface area contributed by atoms with Crippen LogP contribution in [0.15, 0.2) is 28.9 Å². The monoisotopic (exact) mass is 333 g/mol. The number of nitrogens with zero attached hydrogens (tertiary/aromatic N) is 1. The van der Waals surface area contributed by atoms with Gasteiger partial charge in [-0.15, -0.1) is 0 Å². The Morgan fingerprint density at radius 1 is 1.22 bits per heavy atom. The predicted octanol–water partition coefficient (Wildman–Crippen LogP) is 4.10. The second kappa shape index (κ2) is 5.07. The Bertz CT molecular complexity index is 584. The van der Waals surface area contributed by atoms with E-state index < -0.39 is 11.6 Å². The molecule has 0 saturated heterocycles. The smallest absolute Gasteiger partial charge is 0.150 e. The molecule has 18 heavy (non-hydrogen) atoms. The molecule has 0 aliphatic heterocycles. The van der Waals surface area contributed by atoms with E-state index in [1.807, 2.05) is 0 Å². The Morgan fingerprint density at radius 2 is 1.83 bits per heavy atom. The Hall–Kier alpha value is -1.40. The van der Waals surface area contributed by atoms with Gasteiger partial charge in [-0.25, -0.2) is 13.8 Å². The number of nitrogens with two attached hydrogens (primary N) is 1. The third-order valence-electron chi connectivity index (χ3n) is 2.11. The highest BCUT2D eigenvalue weighted by Crippen LogP contribution is 2.29. The third-order valence-corrected chi connectivity index (χ3v) is 2.86. The van der Waals surface area contributed by atoms with Gasteiger partial charge in [-0.3, -0.25) is 0 Å². The van der Waals surface area contributed by atoms with Crippen LogP contribution in [0.25, 0.3) is 0 Å². The molecule has 1 aromatic carbocycles. The summed E-state index contributed by atoms with van der Waals surface area (Å²) in [5, 5.41) is 2.67. The summed E-state index contributed by atoms with van der Waals surface area (Å²) in [6, 6.07) is 3.71. The van der Waals surface area contributed by atoms with Crippen LogP contribution in [0.5, 0.6) is 0 Å². The molecule has 0 amide bonds. The largest absolute Gasteiger partial charge is 0.397 e. The highest BCUT2D eigenvalue weighted by Gasteiger charge is 2.13. The summed E-state index contributed by atoms with van der Waals surface area (Å²) in [5.41, 5.74) is 5.51. The third kappa shape index (κ3) is 2.70. The number of rotatable bonds is 2. The van der Waals surface area contributed by atoms with Crippen molar-refractivity contribution >= 4 is 44.7 Å². The summed E-state index contributed by atoms with van der Waals surface area (Å²) in [5.74, 6) is -1.38. The van der Waals surface area contributed by atoms with Crippen molar-refractivity contribution < 1.29 is 8.78 Å². The van der Waals surface area contributed by atoms with Gasteiger partial charge < -0.3 is 11.1 Å². The Balaban J connectivity index is 2.40. The summed E-state index contributed by atoms with van der Waals surface area (Å²) < 4.78 is 27.5. The van der Waals surface area contributed by atoms with Gasteiger partial charge in [0.25, 0.3) is 0 Å². The molecule has 0 fully saturated rings. The van der Waals surface area contributed by atoms with Crippen LogP contribution in [0, 0.1) is 11.6 Å². The molecule has 0 bridgehead atoms. The fourth-order valence-corrected chi connectivity index (χ4v) is 1.95. The quantitative estimate of drug-likeness (QED) is 0.869. The lowest BCUT2D eigenvalue weighted by Crippen LogP contribution is -2.01. The van der Waals surface area contributed by atoms with E-state index in [1.165, 1.54) is 12.3 Å². The zero-order valence-corrected chi connectivity index (χ0v) is 11.2. The molecule has 2 rings (SSSR count). The molecule has 1 aromatic heterocycles. The summed E-state index contributed by atoms with van der Waals surface area (Å²) in [4.78, 5) is 3.86. The second-order valence-electron chi connectivity index (χ2n) is 3.47. The number of benzene rings is 1. The second-order valence-corrected chi connectivity index (χ2v) is 4.79. The topological polar surface area (TPSA) is 50.9 Å². The van der Waals surface area contributed by atoms with Crippen molar-refractivity contribution in [3.63, 3.8) is 0 Å². The SMILES string of the molecule is Nc1cnc(Nc2c(F)cc(Br)cc2F)c(Cl)c1. The van der Waals surface area contributed by atoms with Crippen molar-refractivity contribution in [2.45, 2.75) is 0 Å². The molecular weight excluding hydrogens is 327 g/mol. The van der Waals surface area contributed by atoms with Crippen LogP contribution in [0.3, 0.4) is 0 Å². The number of nitrogens with one attached hydrogen (secondary N) is 1. The predicted molar refractivity (Wildman–Crippen MR) is 71.0 cm³/mol. The van der Waals surface area contributed by atoms with Crippen LogP contribution >= 0.6 is 27.5 Å². The molecule has 1 heterocycles. The molecule has 0 unspecified atom stereocenters. The number of aromatic nitrogens is 1. The van der Waals surface area contributed by atoms with Crippen molar-refractivity contribution in [3.05, 3.63) is 45.5 Å². The fraction of sp³-hybridized carbons (Fsp3) is 0. The number of hydrogen-bond donors (Lipinski definition) is 2. The molecule has 0 atom stereocenters. The normalized spacial score (nSPS) is 10.4. The van der Waals surface area contributed by atoms with Crippen LogP contribution in [-0.4, -0.2) is 4.98 Å². The first-order chi connectivity index (χ1) is 8.47. The van der Waals surface area contributed by atoms with Crippen molar-refractivity contribution in [1.82, 2.24) is 4.98 Å². The number of anilines is 3. The van der Waals surface area contributed by atoms with Crippen LogP contribution in [0.2, 0.25) is 5.02 Å². The number of hydrogen-bond acceptors (Lipinski definition) is 3. The maximum absolute atomic E-state index is 13.6. The highest BCUT2D eigenvalue weighted by atomic mass is 79.9. The van der Waals surface area contributed by atoms with Crippen LogP contribution < -0.4 is 11.1 Å². The lowest BCUT2D eigenvalue weighted by Gasteiger charge is -2.10. The summed E-state index contributed by atoms with van der Waals surface area (Å²) >= 11 is 8.85. The lowest BCUT2D eigenvalue weighted by atomic mass is 10.3. The molecule has 2 aromatic rings. The average molecular weight is 335 g/mol. The molecule has 7 heteroatoms. The summed E-state index contributed by atoms with van der Waals surface area (Å²) in [6.45, 7) is 0. The van der Waals surface area contributed by atoms with Gasteiger partial charge in [-0.1, -0.05) is 27.5 Å². The van der Waals surface area contributed by atoms with E-state index in [0.717, 1.165) is 12.1 Å². The van der Waals surface area contributed by atoms with E-state index in [2.05, 4.69) is 26.2 Å². The van der Waals surface area contributed by atoms with Gasteiger partial charge in [-0.05, 0) is 18.2 Å². The van der Waals surface area contributed by atoms with E-state index in [-0.39, 0.29) is 16.5 Å². The minimum absolute atomic E-state index is 0.131. The summed E-state index contributed by atoms with van der Waals surface area (Å²) in [6.07, 6.45) is 1.34. The molecule has 3 N–H and O–H groups in total. The molecule has 0 aliphatic carbocycles. The maximum Gasteiger partial charge on any atom is 0.150 e. The number of nitrogen functional groups attached to an aromatic ring is 1. The van der Waals surface area contributed by atoms with Gasteiger partial charge in [0, 0.05) is 4.47 Å². The van der Waals surface area contributed by atoms with Gasteiger partial charge in [0.05, 0.1) is 16.9 Å². The van der Waals surface area contributed by atoms with E-state index in [0.29, 0.717) is 10.2 Å². The minimum Gasteiger partial charge on any atom is -0.397 e. The highest BCUT2D eigenvalue weighted by molar-refractivity contribution is 9.10. The molecule has 0 aliphatic rings. The van der Waals surface area contributed by atoms with Gasteiger partial charge in [-0.2, -0.15) is 0 Å². The molecule has 0 spiro atoms. The Kier molecular flexibility index (Phi) is 3.68. The molecule has 0 saturated carbocycles. The van der Waals surface area contributed by atoms with E-state index in [9.17, 15) is 8.78 Å². The Morgan fingerprint density at radius 3 is 2.39 bits per heavy atom. The van der Waals surface area contributed by atoms with Crippen molar-refractivity contribution in [2.75, 3.05) is 11.1 Å². The first-order valence-electron chi connectivity index (χ1n) is 4.80. The summed E-state index contributed by atoms with van der Waals surface area (Å²) in [7, 11) is 0. The zero-order valence-electron chi connectivity index (χ0n) is 8.85. The maximum atomic E-state index is 13.6. The van der Waals surface area contributed by atoms with Gasteiger partial charge in [0.2, 0.25) is 0 Å². The van der Waals surface area contributed by atoms with Crippen LogP contribution in [0.4, 0.5) is 26.0 Å². The van der Waals surface area contributed by atoms with E-state index in [4.69, 9.17) is 17.3 Å². The first-order valence-corrected chi connectivity index (χ1v) is 5.97. The average Bonchev–Trinajstić information content (AvgIpc) is 2.25. The lowest BCUT2D eigenvalue weighted by molar-refractivity contribution is 0.589. The fourth-order valence-electron chi connectivity index (χ4n) is 1.32. The number of halogens is 4. The van der Waals surface area contributed by atoms with Gasteiger partial charge >= 0.3 is 0 Å². The standard InChI is InChI=1S/C11H7BrClF2N3/c12-5-1-8(14)10(9(15)2-5)18-11-7(13)3-6(16)4-17-11/h1-4H,16H2,(H,17,18). The van der Waals surface area contributed by atoms with Gasteiger partial charge in [0.15, 0.2) is 11.6 Å². The van der Waals surface area contributed by atoms with Crippen molar-refractivity contribution in [2.24, 2.45) is 0 Å². The Labute approximate surface area is 115 Å². The van der Waals surface area contributed by atoms with Crippen molar-refractivity contribution in [1.29, 1.82) is 0 Å². The van der Waals surface area contributed by atoms with E-state index >= 15 is 0 Å². The van der Waals surface area contributed by atoms with Crippen molar-refractivity contribution in [3.8, 4) is 0 Å². The molecule has 0 radical (unpaired) electrons. The number of pyridine rings is 1. The molecule has 94 valence electrons. The molecular formula is C11H7BrClF2N3. The van der Waals surface area contributed by atoms with Gasteiger partial charge in [0.1, 0.15) is 11.5 Å². The zero-order chi connectivity index (χ0) is 13.3. The molecule has 3 nitrogen and oxygen atoms in total. The first kappa shape index (κ1) is 13.0. The van der Waals surface area contributed by atoms with Crippen LogP contribution in [-0.2, 0) is 0 Å². The van der Waals surface area contributed by atoms with Crippen LogP contribution in [0.1, 0.15) is 0 Å². The minimum atomic E-state index is -0.753.